The summed E-state index contributed by atoms with van der Waals surface area (Å²) < 4.78 is 6.19. The van der Waals surface area contributed by atoms with Gasteiger partial charge in [-0.05, 0) is 47.7 Å². The number of rotatable bonds is 3. The molecular formula is C12H12IN3O2. The van der Waals surface area contributed by atoms with E-state index in [0.29, 0.717) is 17.1 Å². The van der Waals surface area contributed by atoms with Crippen LogP contribution in [0.15, 0.2) is 28.8 Å². The molecule has 0 aliphatic rings. The molecule has 94 valence electrons. The fourth-order valence-corrected chi connectivity index (χ4v) is 2.18. The van der Waals surface area contributed by atoms with Crippen molar-refractivity contribution in [1.29, 1.82) is 0 Å². The Labute approximate surface area is 118 Å². The second-order valence-corrected chi connectivity index (χ2v) is 5.07. The lowest BCUT2D eigenvalue weighted by atomic mass is 10.2. The van der Waals surface area contributed by atoms with Crippen LogP contribution in [-0.4, -0.2) is 10.9 Å². The van der Waals surface area contributed by atoms with Crippen LogP contribution in [0.3, 0.4) is 0 Å². The van der Waals surface area contributed by atoms with Crippen LogP contribution in [0.2, 0.25) is 0 Å². The summed E-state index contributed by atoms with van der Waals surface area (Å²) in [6, 6.07) is 5.21. The van der Waals surface area contributed by atoms with Gasteiger partial charge < -0.3 is 15.5 Å². The zero-order valence-corrected chi connectivity index (χ0v) is 11.9. The van der Waals surface area contributed by atoms with Gasteiger partial charge in [-0.15, -0.1) is 0 Å². The molecule has 18 heavy (non-hydrogen) atoms. The normalized spacial score (nSPS) is 10.3. The van der Waals surface area contributed by atoms with Crippen LogP contribution >= 0.6 is 22.6 Å². The molecule has 1 heterocycles. The predicted octanol–water partition coefficient (Wildman–Crippen LogP) is 2.10. The molecule has 0 aliphatic heterocycles. The molecule has 0 saturated carbocycles. The summed E-state index contributed by atoms with van der Waals surface area (Å²) in [7, 11) is 0. The third-order valence-electron chi connectivity index (χ3n) is 2.25. The standard InChI is InChI=1S/C12H12IN3O2/c1-7-5-15-11(18-7)6-16-12(17)8-2-9(13)4-10(14)3-8/h2-5H,6,14H2,1H3,(H,16,17). The third-order valence-corrected chi connectivity index (χ3v) is 2.87. The number of anilines is 1. The van der Waals surface area contributed by atoms with E-state index in [1.54, 1.807) is 31.3 Å². The summed E-state index contributed by atoms with van der Waals surface area (Å²) in [5.41, 5.74) is 6.79. The van der Waals surface area contributed by atoms with Gasteiger partial charge in [-0.1, -0.05) is 0 Å². The Morgan fingerprint density at radius 3 is 2.89 bits per heavy atom. The van der Waals surface area contributed by atoms with E-state index in [1.165, 1.54) is 0 Å². The first-order valence-corrected chi connectivity index (χ1v) is 6.38. The Morgan fingerprint density at radius 2 is 2.28 bits per heavy atom. The van der Waals surface area contributed by atoms with Crippen molar-refractivity contribution in [3.05, 3.63) is 45.2 Å². The Balaban J connectivity index is 2.03. The molecule has 6 heteroatoms. The molecule has 2 rings (SSSR count). The molecule has 1 aromatic carbocycles. The summed E-state index contributed by atoms with van der Waals surface area (Å²) in [6.07, 6.45) is 1.62. The van der Waals surface area contributed by atoms with Crippen LogP contribution in [0.25, 0.3) is 0 Å². The van der Waals surface area contributed by atoms with Crippen molar-refractivity contribution in [2.24, 2.45) is 0 Å². The van der Waals surface area contributed by atoms with Gasteiger partial charge in [0.15, 0.2) is 0 Å². The molecule has 0 bridgehead atoms. The number of aryl methyl sites for hydroxylation is 1. The van der Waals surface area contributed by atoms with E-state index in [9.17, 15) is 4.79 Å². The summed E-state index contributed by atoms with van der Waals surface area (Å²) in [6.45, 7) is 2.07. The van der Waals surface area contributed by atoms with Crippen molar-refractivity contribution in [2.45, 2.75) is 13.5 Å². The smallest absolute Gasteiger partial charge is 0.251 e. The Morgan fingerprint density at radius 1 is 1.50 bits per heavy atom. The number of nitrogens with one attached hydrogen (secondary N) is 1. The highest BCUT2D eigenvalue weighted by atomic mass is 127. The zero-order chi connectivity index (χ0) is 13.1. The van der Waals surface area contributed by atoms with Crippen LogP contribution in [0.4, 0.5) is 5.69 Å². The average Bonchev–Trinajstić information content (AvgIpc) is 2.70. The molecule has 1 aromatic heterocycles. The van der Waals surface area contributed by atoms with Gasteiger partial charge in [-0.2, -0.15) is 0 Å². The molecular weight excluding hydrogens is 345 g/mol. The van der Waals surface area contributed by atoms with Crippen molar-refractivity contribution in [3.63, 3.8) is 0 Å². The number of benzene rings is 1. The second-order valence-electron chi connectivity index (χ2n) is 3.82. The van der Waals surface area contributed by atoms with E-state index in [-0.39, 0.29) is 12.5 Å². The topological polar surface area (TPSA) is 81.2 Å². The number of carbonyl (C=O) groups excluding carboxylic acids is 1. The van der Waals surface area contributed by atoms with Crippen molar-refractivity contribution in [3.8, 4) is 0 Å². The first kappa shape index (κ1) is 12.9. The number of nitrogens with two attached hydrogens (primary N) is 1. The van der Waals surface area contributed by atoms with E-state index >= 15 is 0 Å². The van der Waals surface area contributed by atoms with Crippen molar-refractivity contribution in [2.75, 3.05) is 5.73 Å². The summed E-state index contributed by atoms with van der Waals surface area (Å²) in [4.78, 5) is 15.9. The molecule has 0 fully saturated rings. The maximum Gasteiger partial charge on any atom is 0.251 e. The molecule has 1 amide bonds. The minimum atomic E-state index is -0.198. The van der Waals surface area contributed by atoms with Gasteiger partial charge in [0.1, 0.15) is 5.76 Å². The van der Waals surface area contributed by atoms with Crippen LogP contribution in [-0.2, 0) is 6.54 Å². The number of aromatic nitrogens is 1. The minimum absolute atomic E-state index is 0.198. The number of nitrogens with zero attached hydrogens (tertiary/aromatic N) is 1. The van der Waals surface area contributed by atoms with Gasteiger partial charge in [0.2, 0.25) is 5.89 Å². The number of halogens is 1. The molecule has 0 radical (unpaired) electrons. The fraction of sp³-hybridized carbons (Fsp3) is 0.167. The van der Waals surface area contributed by atoms with Crippen molar-refractivity contribution < 1.29 is 9.21 Å². The first-order valence-electron chi connectivity index (χ1n) is 5.30. The van der Waals surface area contributed by atoms with Crippen molar-refractivity contribution in [1.82, 2.24) is 10.3 Å². The molecule has 0 unspecified atom stereocenters. The Kier molecular flexibility index (Phi) is 3.85. The van der Waals surface area contributed by atoms with Gasteiger partial charge in [-0.25, -0.2) is 4.98 Å². The maximum absolute atomic E-state index is 11.9. The van der Waals surface area contributed by atoms with Gasteiger partial charge in [0, 0.05) is 14.8 Å². The van der Waals surface area contributed by atoms with E-state index in [2.05, 4.69) is 32.9 Å². The summed E-state index contributed by atoms with van der Waals surface area (Å²) >= 11 is 2.12. The number of hydrogen-bond donors (Lipinski definition) is 2. The Hall–Kier alpha value is -1.57. The molecule has 3 N–H and O–H groups in total. The molecule has 0 atom stereocenters. The van der Waals surface area contributed by atoms with Crippen molar-refractivity contribution >= 4 is 34.2 Å². The largest absolute Gasteiger partial charge is 0.444 e. The maximum atomic E-state index is 11.9. The number of hydrogen-bond acceptors (Lipinski definition) is 4. The monoisotopic (exact) mass is 357 g/mol. The number of nitrogen functional groups attached to an aromatic ring is 1. The van der Waals surface area contributed by atoms with E-state index in [0.717, 1.165) is 9.33 Å². The Bertz CT molecular complexity index is 560. The highest BCUT2D eigenvalue weighted by Gasteiger charge is 2.08. The fourth-order valence-electron chi connectivity index (χ4n) is 1.48. The molecule has 5 nitrogen and oxygen atoms in total. The summed E-state index contributed by atoms with van der Waals surface area (Å²) in [5, 5.41) is 2.73. The van der Waals surface area contributed by atoms with Crippen LogP contribution < -0.4 is 11.1 Å². The second kappa shape index (κ2) is 5.38. The summed E-state index contributed by atoms with van der Waals surface area (Å²) in [5.74, 6) is 1.01. The SMILES string of the molecule is Cc1cnc(CNC(=O)c2cc(N)cc(I)c2)o1. The van der Waals surface area contributed by atoms with Crippen LogP contribution in [0, 0.1) is 10.5 Å². The molecule has 0 aliphatic carbocycles. The van der Waals surface area contributed by atoms with E-state index < -0.39 is 0 Å². The number of carbonyl (C=O) groups is 1. The van der Waals surface area contributed by atoms with Gasteiger partial charge in [0.05, 0.1) is 12.7 Å². The lowest BCUT2D eigenvalue weighted by Gasteiger charge is -2.04. The molecule has 2 aromatic rings. The average molecular weight is 357 g/mol. The van der Waals surface area contributed by atoms with E-state index in [1.807, 2.05) is 0 Å². The number of amides is 1. The first-order chi connectivity index (χ1) is 8.54. The predicted molar refractivity (Wildman–Crippen MR) is 76.0 cm³/mol. The van der Waals surface area contributed by atoms with Crippen LogP contribution in [0.1, 0.15) is 22.0 Å². The van der Waals surface area contributed by atoms with Gasteiger partial charge in [0.25, 0.3) is 5.91 Å². The molecule has 0 saturated heterocycles. The third kappa shape index (κ3) is 3.22. The number of oxazole rings is 1. The van der Waals surface area contributed by atoms with E-state index in [4.69, 9.17) is 10.2 Å². The van der Waals surface area contributed by atoms with Gasteiger partial charge >= 0.3 is 0 Å². The minimum Gasteiger partial charge on any atom is -0.444 e. The zero-order valence-electron chi connectivity index (χ0n) is 9.74. The molecule has 0 spiro atoms. The lowest BCUT2D eigenvalue weighted by molar-refractivity contribution is 0.0947. The van der Waals surface area contributed by atoms with Gasteiger partial charge in [-0.3, -0.25) is 4.79 Å². The highest BCUT2D eigenvalue weighted by Crippen LogP contribution is 2.14. The lowest BCUT2D eigenvalue weighted by Crippen LogP contribution is -2.23. The quantitative estimate of drug-likeness (QED) is 0.651. The highest BCUT2D eigenvalue weighted by molar-refractivity contribution is 14.1. The van der Waals surface area contributed by atoms with Crippen LogP contribution in [0.5, 0.6) is 0 Å².